The van der Waals surface area contributed by atoms with Gasteiger partial charge in [-0.05, 0) is 24.1 Å². The molecule has 21 heavy (non-hydrogen) atoms. The molecule has 3 heteroatoms. The molecule has 2 nitrogen and oxygen atoms in total. The second-order valence-electron chi connectivity index (χ2n) is 7.61. The maximum atomic E-state index is 12.7. The Hall–Kier alpha value is -1.15. The van der Waals surface area contributed by atoms with Gasteiger partial charge in [0.25, 0.3) is 0 Å². The van der Waals surface area contributed by atoms with Gasteiger partial charge in [0.2, 0.25) is 0 Å². The summed E-state index contributed by atoms with van der Waals surface area (Å²) in [7, 11) is 0. The number of carbonyl (C=O) groups excluding carboxylic acids is 2. The second kappa shape index (κ2) is 6.31. The average molecular weight is 309 g/mol. The summed E-state index contributed by atoms with van der Waals surface area (Å²) in [6, 6.07) is 7.33. The van der Waals surface area contributed by atoms with Crippen LogP contribution in [0.5, 0.6) is 0 Å². The van der Waals surface area contributed by atoms with E-state index in [4.69, 9.17) is 11.6 Å². The van der Waals surface area contributed by atoms with Crippen LogP contribution in [0.4, 0.5) is 0 Å². The largest absolute Gasteiger partial charge is 0.298 e. The summed E-state index contributed by atoms with van der Waals surface area (Å²) in [5.41, 5.74) is -0.102. The van der Waals surface area contributed by atoms with Crippen LogP contribution in [0.15, 0.2) is 24.3 Å². The van der Waals surface area contributed by atoms with Crippen LogP contribution in [0.3, 0.4) is 0 Å². The zero-order valence-electron chi connectivity index (χ0n) is 13.8. The van der Waals surface area contributed by atoms with E-state index in [1.807, 2.05) is 53.7 Å². The molecule has 0 fully saturated rings. The van der Waals surface area contributed by atoms with E-state index in [0.29, 0.717) is 11.4 Å². The van der Waals surface area contributed by atoms with Crippen molar-refractivity contribution in [2.45, 2.75) is 48.0 Å². The van der Waals surface area contributed by atoms with Gasteiger partial charge >= 0.3 is 0 Å². The predicted octanol–water partition coefficient (Wildman–Crippen LogP) is 4.73. The highest BCUT2D eigenvalue weighted by atomic mass is 35.5. The van der Waals surface area contributed by atoms with Gasteiger partial charge in [-0.15, -0.1) is 0 Å². The van der Waals surface area contributed by atoms with E-state index in [2.05, 4.69) is 0 Å². The van der Waals surface area contributed by atoms with E-state index in [1.54, 1.807) is 12.1 Å². The van der Waals surface area contributed by atoms with Gasteiger partial charge < -0.3 is 0 Å². The van der Waals surface area contributed by atoms with Crippen molar-refractivity contribution in [3.8, 4) is 0 Å². The maximum Gasteiger partial charge on any atom is 0.148 e. The Bertz CT molecular complexity index is 490. The summed E-state index contributed by atoms with van der Waals surface area (Å²) in [5.74, 6) is -0.610. The number of benzene rings is 1. The highest BCUT2D eigenvalue weighted by Crippen LogP contribution is 2.30. The first-order valence-corrected chi connectivity index (χ1v) is 7.64. The molecule has 0 radical (unpaired) electrons. The minimum absolute atomic E-state index is 0.00243. The SMILES string of the molecule is CC(C)(C)C(=O)C(Cc1ccc(Cl)cc1)C(=O)C(C)(C)C. The van der Waals surface area contributed by atoms with E-state index in [-0.39, 0.29) is 11.6 Å². The van der Waals surface area contributed by atoms with E-state index in [9.17, 15) is 9.59 Å². The molecule has 1 aromatic carbocycles. The number of rotatable bonds is 4. The molecule has 0 N–H and O–H groups in total. The quantitative estimate of drug-likeness (QED) is 0.754. The van der Waals surface area contributed by atoms with Gasteiger partial charge in [-0.3, -0.25) is 9.59 Å². The van der Waals surface area contributed by atoms with Crippen LogP contribution in [-0.2, 0) is 16.0 Å². The van der Waals surface area contributed by atoms with Crippen molar-refractivity contribution in [3.63, 3.8) is 0 Å². The molecule has 0 aromatic heterocycles. The molecule has 0 atom stereocenters. The lowest BCUT2D eigenvalue weighted by Gasteiger charge is -2.28. The molecule has 1 aromatic rings. The first kappa shape index (κ1) is 17.9. The van der Waals surface area contributed by atoms with Crippen molar-refractivity contribution in [3.05, 3.63) is 34.9 Å². The van der Waals surface area contributed by atoms with Crippen molar-refractivity contribution in [2.75, 3.05) is 0 Å². The summed E-state index contributed by atoms with van der Waals surface area (Å²) in [6.07, 6.45) is 0.434. The molecule has 0 bridgehead atoms. The van der Waals surface area contributed by atoms with E-state index >= 15 is 0 Å². The van der Waals surface area contributed by atoms with Crippen molar-refractivity contribution >= 4 is 23.2 Å². The number of ketones is 2. The normalized spacial score (nSPS) is 12.6. The molecule has 0 saturated heterocycles. The molecule has 0 spiro atoms. The topological polar surface area (TPSA) is 34.1 Å². The minimum Gasteiger partial charge on any atom is -0.298 e. The fourth-order valence-electron chi connectivity index (χ4n) is 2.21. The minimum atomic E-state index is -0.605. The van der Waals surface area contributed by atoms with E-state index in [1.165, 1.54) is 0 Å². The summed E-state index contributed by atoms with van der Waals surface area (Å²) in [5, 5.41) is 0.652. The molecule has 0 heterocycles. The van der Waals surface area contributed by atoms with Gasteiger partial charge in [0, 0.05) is 15.9 Å². The number of hydrogen-bond acceptors (Lipinski definition) is 2. The molecule has 0 amide bonds. The smallest absolute Gasteiger partial charge is 0.148 e. The third-order valence-corrected chi connectivity index (χ3v) is 3.72. The highest BCUT2D eigenvalue weighted by molar-refractivity contribution is 6.30. The van der Waals surface area contributed by atoms with Gasteiger partial charge in [-0.2, -0.15) is 0 Å². The molecule has 0 aliphatic heterocycles. The standard InChI is InChI=1S/C18H25ClO2/c1-17(2,3)15(20)14(16(21)18(4,5)6)11-12-7-9-13(19)10-8-12/h7-10,14H,11H2,1-6H3. The highest BCUT2D eigenvalue weighted by Gasteiger charge is 2.39. The van der Waals surface area contributed by atoms with Crippen LogP contribution in [0.2, 0.25) is 5.02 Å². The van der Waals surface area contributed by atoms with Gasteiger partial charge in [-0.1, -0.05) is 65.3 Å². The molecular weight excluding hydrogens is 284 g/mol. The van der Waals surface area contributed by atoms with E-state index in [0.717, 1.165) is 5.56 Å². The summed E-state index contributed by atoms with van der Waals surface area (Å²) in [4.78, 5) is 25.4. The number of halogens is 1. The Morgan fingerprint density at radius 1 is 0.905 bits per heavy atom. The summed E-state index contributed by atoms with van der Waals surface area (Å²) >= 11 is 5.88. The first-order valence-electron chi connectivity index (χ1n) is 7.26. The zero-order valence-corrected chi connectivity index (χ0v) is 14.5. The fraction of sp³-hybridized carbons (Fsp3) is 0.556. The fourth-order valence-corrected chi connectivity index (χ4v) is 2.33. The van der Waals surface area contributed by atoms with Crippen molar-refractivity contribution in [1.82, 2.24) is 0 Å². The summed E-state index contributed by atoms with van der Waals surface area (Å²) < 4.78 is 0. The van der Waals surface area contributed by atoms with Crippen LogP contribution in [0.25, 0.3) is 0 Å². The molecule has 0 saturated carbocycles. The number of hydrogen-bond donors (Lipinski definition) is 0. The lowest BCUT2D eigenvalue weighted by Crippen LogP contribution is -2.40. The lowest BCUT2D eigenvalue weighted by molar-refractivity contribution is -0.141. The van der Waals surface area contributed by atoms with Crippen molar-refractivity contribution < 1.29 is 9.59 Å². The van der Waals surface area contributed by atoms with Crippen LogP contribution < -0.4 is 0 Å². The first-order chi connectivity index (χ1) is 9.43. The van der Waals surface area contributed by atoms with Crippen LogP contribution in [0, 0.1) is 16.7 Å². The van der Waals surface area contributed by atoms with Gasteiger partial charge in [0.05, 0.1) is 5.92 Å². The lowest BCUT2D eigenvalue weighted by atomic mass is 9.72. The molecule has 1 rings (SSSR count). The Balaban J connectivity index is 3.11. The summed E-state index contributed by atoms with van der Waals surface area (Å²) in [6.45, 7) is 11.2. The second-order valence-corrected chi connectivity index (χ2v) is 8.05. The van der Waals surface area contributed by atoms with Gasteiger partial charge in [-0.25, -0.2) is 0 Å². The molecular formula is C18H25ClO2. The molecule has 0 unspecified atom stereocenters. The van der Waals surface area contributed by atoms with Crippen LogP contribution in [-0.4, -0.2) is 11.6 Å². The monoisotopic (exact) mass is 308 g/mol. The Morgan fingerprint density at radius 2 is 1.29 bits per heavy atom. The molecule has 116 valence electrons. The molecule has 0 aliphatic carbocycles. The van der Waals surface area contributed by atoms with Crippen molar-refractivity contribution in [1.29, 1.82) is 0 Å². The van der Waals surface area contributed by atoms with Crippen molar-refractivity contribution in [2.24, 2.45) is 16.7 Å². The molecule has 0 aliphatic rings. The Labute approximate surface area is 132 Å². The van der Waals surface area contributed by atoms with Gasteiger partial charge in [0.15, 0.2) is 0 Å². The number of Topliss-reactive ketones (excluding diaryl/α,β-unsaturated/α-hetero) is 2. The Morgan fingerprint density at radius 3 is 1.62 bits per heavy atom. The number of carbonyl (C=O) groups is 2. The van der Waals surface area contributed by atoms with Crippen LogP contribution >= 0.6 is 11.6 Å². The zero-order chi connectivity index (χ0) is 16.4. The third-order valence-electron chi connectivity index (χ3n) is 3.46. The third kappa shape index (κ3) is 4.96. The Kier molecular flexibility index (Phi) is 5.38. The van der Waals surface area contributed by atoms with Crippen LogP contribution in [0.1, 0.15) is 47.1 Å². The predicted molar refractivity (Wildman–Crippen MR) is 87.6 cm³/mol. The van der Waals surface area contributed by atoms with E-state index < -0.39 is 16.7 Å². The average Bonchev–Trinajstić information content (AvgIpc) is 2.34. The van der Waals surface area contributed by atoms with Gasteiger partial charge in [0.1, 0.15) is 11.6 Å². The maximum absolute atomic E-state index is 12.7.